The summed E-state index contributed by atoms with van der Waals surface area (Å²) in [5.74, 6) is 0.673. The molecule has 0 saturated heterocycles. The summed E-state index contributed by atoms with van der Waals surface area (Å²) in [7, 11) is 0. The number of hydrogen-bond donors (Lipinski definition) is 0. The number of aryl methyl sites for hydroxylation is 2. The summed E-state index contributed by atoms with van der Waals surface area (Å²) in [6.45, 7) is 4.54. The molecule has 1 aromatic carbocycles. The van der Waals surface area contributed by atoms with Crippen LogP contribution in [0.3, 0.4) is 0 Å². The van der Waals surface area contributed by atoms with Gasteiger partial charge in [-0.2, -0.15) is 9.90 Å². The fraction of sp³-hybridized carbons (Fsp3) is 0.571. The molecule has 2 rings (SSSR count). The zero-order valence-corrected chi connectivity index (χ0v) is 10.8. The predicted octanol–water partition coefficient (Wildman–Crippen LogP) is 4.38. The fourth-order valence-electron chi connectivity index (χ4n) is 2.11. The lowest BCUT2D eigenvalue weighted by Gasteiger charge is -2.17. The largest absolute Gasteiger partial charge is 0.153 e. The van der Waals surface area contributed by atoms with E-state index in [9.17, 15) is 0 Å². The van der Waals surface area contributed by atoms with E-state index in [1.807, 2.05) is 0 Å². The van der Waals surface area contributed by atoms with Gasteiger partial charge in [0.25, 0.3) is 0 Å². The van der Waals surface area contributed by atoms with E-state index in [1.54, 1.807) is 11.1 Å². The molecule has 0 spiro atoms. The Morgan fingerprint density at radius 3 is 2.20 bits per heavy atom. The molecule has 86 valence electrons. The van der Waals surface area contributed by atoms with Crippen LogP contribution in [0.1, 0.15) is 56.7 Å². The average molecular weight is 224 g/mol. The topological polar surface area (TPSA) is 0 Å². The molecule has 0 aliphatic heterocycles. The van der Waals surface area contributed by atoms with Gasteiger partial charge in [-0.3, -0.25) is 0 Å². The highest BCUT2D eigenvalue weighted by Gasteiger charge is 2.10. The van der Waals surface area contributed by atoms with E-state index in [0.29, 0.717) is 5.92 Å². The molecule has 1 aliphatic rings. The van der Waals surface area contributed by atoms with Crippen molar-refractivity contribution in [2.45, 2.75) is 52.9 Å². The van der Waals surface area contributed by atoms with Gasteiger partial charge in [-0.25, -0.2) is 0 Å². The maximum absolute atomic E-state index is 2.42. The molecule has 0 nitrogen and oxygen atoms in total. The van der Waals surface area contributed by atoms with Gasteiger partial charge in [0.15, 0.2) is 0 Å². The molecule has 1 unspecified atom stereocenters. The van der Waals surface area contributed by atoms with Gasteiger partial charge in [-0.15, -0.1) is 0 Å². The Kier molecular flexibility index (Phi) is 6.13. The standard InChI is InChI=1S/C13H18.CH4.H3P/c1-10(2)12-8-7-11-5-3-4-6-13(11)9-12;;/h7-10H,3-6H2,1-2H3;1H4;1H3. The summed E-state index contributed by atoms with van der Waals surface area (Å²) in [6, 6.07) is 7.05. The summed E-state index contributed by atoms with van der Waals surface area (Å²) in [4.78, 5) is 0. The molecule has 1 aliphatic carbocycles. The van der Waals surface area contributed by atoms with E-state index in [0.717, 1.165) is 0 Å². The first-order valence-electron chi connectivity index (χ1n) is 5.39. The number of fused-ring (bicyclic) bond motifs is 1. The second-order valence-corrected chi connectivity index (χ2v) is 4.39. The molecule has 1 aromatic rings. The van der Waals surface area contributed by atoms with Crippen LogP contribution in [0.4, 0.5) is 0 Å². The van der Waals surface area contributed by atoms with Crippen LogP contribution in [0.25, 0.3) is 0 Å². The molecule has 0 saturated carbocycles. The van der Waals surface area contributed by atoms with Gasteiger partial charge in [0.2, 0.25) is 0 Å². The zero-order chi connectivity index (χ0) is 9.26. The Morgan fingerprint density at radius 2 is 1.60 bits per heavy atom. The van der Waals surface area contributed by atoms with Crippen molar-refractivity contribution < 1.29 is 0 Å². The van der Waals surface area contributed by atoms with Crippen molar-refractivity contribution in [3.8, 4) is 0 Å². The highest BCUT2D eigenvalue weighted by Crippen LogP contribution is 2.25. The first kappa shape index (κ1) is 14.6. The van der Waals surface area contributed by atoms with Crippen LogP contribution in [-0.2, 0) is 12.8 Å². The minimum Gasteiger partial charge on any atom is -0.153 e. The third-order valence-corrected chi connectivity index (χ3v) is 3.04. The summed E-state index contributed by atoms with van der Waals surface area (Å²) < 4.78 is 0. The second kappa shape index (κ2) is 6.28. The third-order valence-electron chi connectivity index (χ3n) is 3.04. The highest BCUT2D eigenvalue weighted by molar-refractivity contribution is 6.92. The van der Waals surface area contributed by atoms with Crippen molar-refractivity contribution in [3.05, 3.63) is 34.9 Å². The number of hydrogen-bond acceptors (Lipinski definition) is 0. The first-order chi connectivity index (χ1) is 6.27. The molecule has 0 bridgehead atoms. The summed E-state index contributed by atoms with van der Waals surface area (Å²) >= 11 is 0. The lowest BCUT2D eigenvalue weighted by molar-refractivity contribution is 0.682. The van der Waals surface area contributed by atoms with Gasteiger partial charge in [0.05, 0.1) is 0 Å². The van der Waals surface area contributed by atoms with Crippen molar-refractivity contribution >= 4 is 9.90 Å². The summed E-state index contributed by atoms with van der Waals surface area (Å²) in [5.41, 5.74) is 4.70. The van der Waals surface area contributed by atoms with Gasteiger partial charge in [-0.05, 0) is 48.3 Å². The molecule has 0 aromatic heterocycles. The Hall–Kier alpha value is -0.350. The van der Waals surface area contributed by atoms with Gasteiger partial charge >= 0.3 is 0 Å². The van der Waals surface area contributed by atoms with E-state index in [4.69, 9.17) is 0 Å². The maximum atomic E-state index is 2.42. The molecule has 0 radical (unpaired) electrons. The van der Waals surface area contributed by atoms with Crippen LogP contribution in [-0.4, -0.2) is 0 Å². The summed E-state index contributed by atoms with van der Waals surface area (Å²) in [6.07, 6.45) is 5.37. The van der Waals surface area contributed by atoms with Gasteiger partial charge in [0.1, 0.15) is 0 Å². The van der Waals surface area contributed by atoms with Crippen LogP contribution in [0.5, 0.6) is 0 Å². The van der Waals surface area contributed by atoms with E-state index in [1.165, 1.54) is 31.2 Å². The van der Waals surface area contributed by atoms with Crippen molar-refractivity contribution in [2.75, 3.05) is 0 Å². The van der Waals surface area contributed by atoms with Crippen molar-refractivity contribution in [2.24, 2.45) is 0 Å². The Bertz CT molecular complexity index is 302. The van der Waals surface area contributed by atoms with Crippen molar-refractivity contribution in [1.82, 2.24) is 0 Å². The van der Waals surface area contributed by atoms with Crippen molar-refractivity contribution in [3.63, 3.8) is 0 Å². The quantitative estimate of drug-likeness (QED) is 0.621. The smallest absolute Gasteiger partial charge is 0.0219 e. The molecular weight excluding hydrogens is 199 g/mol. The lowest BCUT2D eigenvalue weighted by Crippen LogP contribution is -2.03. The maximum Gasteiger partial charge on any atom is -0.0219 e. The minimum atomic E-state index is 0. The van der Waals surface area contributed by atoms with E-state index in [2.05, 4.69) is 32.0 Å². The van der Waals surface area contributed by atoms with Crippen LogP contribution in [0.15, 0.2) is 18.2 Å². The van der Waals surface area contributed by atoms with Gasteiger partial charge < -0.3 is 0 Å². The molecule has 15 heavy (non-hydrogen) atoms. The normalized spacial score (nSPS) is 13.8. The first-order valence-corrected chi connectivity index (χ1v) is 5.39. The van der Waals surface area contributed by atoms with Crippen LogP contribution in [0.2, 0.25) is 0 Å². The van der Waals surface area contributed by atoms with Crippen LogP contribution < -0.4 is 0 Å². The molecule has 0 fully saturated rings. The summed E-state index contributed by atoms with van der Waals surface area (Å²) in [5, 5.41) is 0. The Labute approximate surface area is 98.1 Å². The van der Waals surface area contributed by atoms with Gasteiger partial charge in [0, 0.05) is 0 Å². The highest BCUT2D eigenvalue weighted by atomic mass is 31.0. The van der Waals surface area contributed by atoms with E-state index in [-0.39, 0.29) is 17.3 Å². The predicted molar refractivity (Wildman–Crippen MR) is 75.0 cm³/mol. The van der Waals surface area contributed by atoms with Crippen molar-refractivity contribution in [1.29, 1.82) is 0 Å². The Balaban J connectivity index is 0.000000980. The SMILES string of the molecule is C.CC(C)c1ccc2c(c1)CCCC2.P. The minimum absolute atomic E-state index is 0. The van der Waals surface area contributed by atoms with E-state index >= 15 is 0 Å². The fourth-order valence-corrected chi connectivity index (χ4v) is 2.11. The Morgan fingerprint density at radius 1 is 1.00 bits per heavy atom. The lowest BCUT2D eigenvalue weighted by atomic mass is 9.88. The molecule has 1 heteroatoms. The monoisotopic (exact) mass is 224 g/mol. The molecule has 0 amide bonds. The van der Waals surface area contributed by atoms with E-state index < -0.39 is 0 Å². The zero-order valence-electron chi connectivity index (χ0n) is 9.34. The van der Waals surface area contributed by atoms with Crippen LogP contribution >= 0.6 is 9.90 Å². The number of rotatable bonds is 1. The molecule has 1 atom stereocenters. The number of benzene rings is 1. The molecule has 0 heterocycles. The average Bonchev–Trinajstić information content (AvgIpc) is 2.17. The molecule has 0 N–H and O–H groups in total. The van der Waals surface area contributed by atoms with Crippen LogP contribution in [0, 0.1) is 0 Å². The second-order valence-electron chi connectivity index (χ2n) is 4.39. The van der Waals surface area contributed by atoms with Gasteiger partial charge in [-0.1, -0.05) is 39.5 Å². The molecular formula is C14H25P. The third kappa shape index (κ3) is 3.31.